The molecular weight excluding hydrogens is 188 g/mol. The van der Waals surface area contributed by atoms with Crippen molar-refractivity contribution in [3.05, 3.63) is 35.4 Å². The molecular formula is C13H18O2. The van der Waals surface area contributed by atoms with E-state index in [2.05, 4.69) is 52.0 Å². The lowest BCUT2D eigenvalue weighted by Gasteiger charge is -2.22. The summed E-state index contributed by atoms with van der Waals surface area (Å²) in [5.74, 6) is 0. The van der Waals surface area contributed by atoms with Crippen LogP contribution in [-0.2, 0) is 21.4 Å². The van der Waals surface area contributed by atoms with Gasteiger partial charge in [-0.1, -0.05) is 52.0 Å². The molecule has 0 fully saturated rings. The molecule has 2 nitrogen and oxygen atoms in total. The van der Waals surface area contributed by atoms with Crippen molar-refractivity contribution in [2.45, 2.75) is 39.5 Å². The molecule has 0 atom stereocenters. The standard InChI is InChI=1S/C12H18.CO2/c1-5-10-8-6-7-9-11(10)12(2,3)4;2-1-3/h6-9H,5H2,1-4H3;. The Labute approximate surface area is 91.3 Å². The monoisotopic (exact) mass is 206 g/mol. The van der Waals surface area contributed by atoms with Gasteiger partial charge in [0.15, 0.2) is 0 Å². The number of rotatable bonds is 1. The van der Waals surface area contributed by atoms with Crippen molar-refractivity contribution in [1.82, 2.24) is 0 Å². The molecule has 0 amide bonds. The molecule has 0 N–H and O–H groups in total. The van der Waals surface area contributed by atoms with E-state index < -0.39 is 0 Å². The zero-order valence-corrected chi connectivity index (χ0v) is 9.83. The van der Waals surface area contributed by atoms with Crippen LogP contribution in [0.15, 0.2) is 24.3 Å². The van der Waals surface area contributed by atoms with Gasteiger partial charge in [0.1, 0.15) is 0 Å². The zero-order chi connectivity index (χ0) is 11.9. The molecule has 0 heterocycles. The summed E-state index contributed by atoms with van der Waals surface area (Å²) in [7, 11) is 0. The van der Waals surface area contributed by atoms with Crippen molar-refractivity contribution < 1.29 is 9.59 Å². The minimum Gasteiger partial charge on any atom is -0.186 e. The molecule has 1 aromatic rings. The molecule has 0 aliphatic carbocycles. The molecule has 0 spiro atoms. The molecule has 0 aliphatic heterocycles. The van der Waals surface area contributed by atoms with E-state index in [-0.39, 0.29) is 11.6 Å². The number of hydrogen-bond donors (Lipinski definition) is 0. The van der Waals surface area contributed by atoms with E-state index in [1.807, 2.05) is 0 Å². The highest BCUT2D eigenvalue weighted by atomic mass is 16.2. The molecule has 0 aromatic heterocycles. The summed E-state index contributed by atoms with van der Waals surface area (Å²) in [6.07, 6.45) is 1.38. The van der Waals surface area contributed by atoms with Crippen molar-refractivity contribution in [2.24, 2.45) is 0 Å². The highest BCUT2D eigenvalue weighted by Gasteiger charge is 2.15. The van der Waals surface area contributed by atoms with Crippen molar-refractivity contribution >= 4 is 6.15 Å². The van der Waals surface area contributed by atoms with Crippen LogP contribution in [0.4, 0.5) is 0 Å². The van der Waals surface area contributed by atoms with Gasteiger partial charge in [-0.25, -0.2) is 0 Å². The molecule has 0 bridgehead atoms. The largest absolute Gasteiger partial charge is 0.373 e. The number of benzene rings is 1. The maximum Gasteiger partial charge on any atom is 0.373 e. The van der Waals surface area contributed by atoms with Crippen LogP contribution in [0.1, 0.15) is 38.8 Å². The Bertz CT molecular complexity index is 329. The van der Waals surface area contributed by atoms with E-state index in [1.54, 1.807) is 0 Å². The number of aryl methyl sites for hydroxylation is 1. The average molecular weight is 206 g/mol. The van der Waals surface area contributed by atoms with Gasteiger partial charge in [0.2, 0.25) is 0 Å². The van der Waals surface area contributed by atoms with E-state index in [4.69, 9.17) is 9.59 Å². The molecule has 2 heteroatoms. The van der Waals surface area contributed by atoms with E-state index in [0.29, 0.717) is 0 Å². The Balaban J connectivity index is 0.000000583. The van der Waals surface area contributed by atoms with Crippen LogP contribution in [0.3, 0.4) is 0 Å². The Kier molecular flexibility index (Phi) is 5.58. The molecule has 0 unspecified atom stereocenters. The summed E-state index contributed by atoms with van der Waals surface area (Å²) >= 11 is 0. The lowest BCUT2D eigenvalue weighted by atomic mass is 9.83. The molecule has 0 saturated carbocycles. The zero-order valence-electron chi connectivity index (χ0n) is 9.83. The molecule has 0 radical (unpaired) electrons. The maximum absolute atomic E-state index is 8.12. The maximum atomic E-state index is 8.12. The molecule has 1 rings (SSSR count). The fourth-order valence-corrected chi connectivity index (χ4v) is 1.56. The van der Waals surface area contributed by atoms with Crippen LogP contribution in [0.25, 0.3) is 0 Å². The summed E-state index contributed by atoms with van der Waals surface area (Å²) in [5.41, 5.74) is 3.24. The van der Waals surface area contributed by atoms with Crippen molar-refractivity contribution in [3.63, 3.8) is 0 Å². The first-order chi connectivity index (χ1) is 6.97. The van der Waals surface area contributed by atoms with Gasteiger partial charge < -0.3 is 0 Å². The summed E-state index contributed by atoms with van der Waals surface area (Å²) < 4.78 is 0. The number of carbonyl (C=O) groups excluding carboxylic acids is 2. The molecule has 0 saturated heterocycles. The Morgan fingerprint density at radius 3 is 1.93 bits per heavy atom. The van der Waals surface area contributed by atoms with Crippen molar-refractivity contribution in [1.29, 1.82) is 0 Å². The minimum absolute atomic E-state index is 0.250. The van der Waals surface area contributed by atoms with Crippen LogP contribution in [-0.4, -0.2) is 6.15 Å². The van der Waals surface area contributed by atoms with E-state index >= 15 is 0 Å². The van der Waals surface area contributed by atoms with Crippen LogP contribution >= 0.6 is 0 Å². The fourth-order valence-electron chi connectivity index (χ4n) is 1.56. The number of hydrogen-bond acceptors (Lipinski definition) is 2. The lowest BCUT2D eigenvalue weighted by molar-refractivity contribution is -0.191. The van der Waals surface area contributed by atoms with Gasteiger partial charge in [-0.3, -0.25) is 0 Å². The summed E-state index contributed by atoms with van der Waals surface area (Å²) in [6, 6.07) is 8.70. The van der Waals surface area contributed by atoms with Crippen molar-refractivity contribution in [3.8, 4) is 0 Å². The van der Waals surface area contributed by atoms with E-state index in [1.165, 1.54) is 11.1 Å². The second-order valence-electron chi connectivity index (χ2n) is 4.34. The SMILES string of the molecule is CCc1ccccc1C(C)(C)C.O=C=O. The lowest BCUT2D eigenvalue weighted by Crippen LogP contribution is -2.13. The average Bonchev–Trinajstić information content (AvgIpc) is 2.18. The first kappa shape index (κ1) is 13.6. The third kappa shape index (κ3) is 4.57. The van der Waals surface area contributed by atoms with Crippen molar-refractivity contribution in [2.75, 3.05) is 0 Å². The van der Waals surface area contributed by atoms with Crippen LogP contribution in [0.2, 0.25) is 0 Å². The quantitative estimate of drug-likeness (QED) is 0.708. The summed E-state index contributed by atoms with van der Waals surface area (Å²) in [6.45, 7) is 9.01. The molecule has 0 aliphatic rings. The molecule has 15 heavy (non-hydrogen) atoms. The fraction of sp³-hybridized carbons (Fsp3) is 0.462. The van der Waals surface area contributed by atoms with Gasteiger partial charge in [-0.15, -0.1) is 0 Å². The third-order valence-corrected chi connectivity index (χ3v) is 2.21. The first-order valence-corrected chi connectivity index (χ1v) is 5.05. The van der Waals surface area contributed by atoms with Crippen LogP contribution < -0.4 is 0 Å². The van der Waals surface area contributed by atoms with Gasteiger partial charge in [0.05, 0.1) is 0 Å². The second-order valence-corrected chi connectivity index (χ2v) is 4.34. The topological polar surface area (TPSA) is 34.1 Å². The van der Waals surface area contributed by atoms with Gasteiger partial charge >= 0.3 is 6.15 Å². The van der Waals surface area contributed by atoms with Gasteiger partial charge in [-0.2, -0.15) is 9.59 Å². The van der Waals surface area contributed by atoms with E-state index in [0.717, 1.165) is 6.42 Å². The second kappa shape index (κ2) is 6.15. The summed E-state index contributed by atoms with van der Waals surface area (Å²) in [4.78, 5) is 16.2. The first-order valence-electron chi connectivity index (χ1n) is 5.05. The van der Waals surface area contributed by atoms with E-state index in [9.17, 15) is 0 Å². The normalized spacial score (nSPS) is 9.87. The Hall–Kier alpha value is -1.40. The summed E-state index contributed by atoms with van der Waals surface area (Å²) in [5, 5.41) is 0. The Morgan fingerprint density at radius 2 is 1.60 bits per heavy atom. The predicted octanol–water partition coefficient (Wildman–Crippen LogP) is 2.96. The van der Waals surface area contributed by atoms with Gasteiger partial charge in [0, 0.05) is 0 Å². The van der Waals surface area contributed by atoms with Gasteiger partial charge in [-0.05, 0) is 23.0 Å². The van der Waals surface area contributed by atoms with Gasteiger partial charge in [0.25, 0.3) is 0 Å². The third-order valence-electron chi connectivity index (χ3n) is 2.21. The highest BCUT2D eigenvalue weighted by Crippen LogP contribution is 2.25. The molecule has 1 aromatic carbocycles. The smallest absolute Gasteiger partial charge is 0.186 e. The minimum atomic E-state index is 0.250. The predicted molar refractivity (Wildman–Crippen MR) is 59.5 cm³/mol. The highest BCUT2D eigenvalue weighted by molar-refractivity contribution is 5.32. The molecule has 82 valence electrons. The van der Waals surface area contributed by atoms with Crippen LogP contribution in [0, 0.1) is 0 Å². The Morgan fingerprint density at radius 1 is 1.13 bits per heavy atom. The van der Waals surface area contributed by atoms with Crippen LogP contribution in [0.5, 0.6) is 0 Å².